The van der Waals surface area contributed by atoms with Crippen LogP contribution in [0.2, 0.25) is 10.0 Å². The van der Waals surface area contributed by atoms with Crippen molar-refractivity contribution in [3.05, 3.63) is 33.8 Å². The number of hydrogen-bond donors (Lipinski definition) is 0. The maximum Gasteiger partial charge on any atom is 0.0452 e. The summed E-state index contributed by atoms with van der Waals surface area (Å²) in [5.41, 5.74) is 1.14. The Labute approximate surface area is 128 Å². The van der Waals surface area contributed by atoms with E-state index >= 15 is 0 Å². The quantitative estimate of drug-likeness (QED) is 0.680. The summed E-state index contributed by atoms with van der Waals surface area (Å²) in [7, 11) is 0. The van der Waals surface area contributed by atoms with Gasteiger partial charge in [0.15, 0.2) is 0 Å². The number of rotatable bonds is 4. The maximum atomic E-state index is 6.25. The summed E-state index contributed by atoms with van der Waals surface area (Å²) in [4.78, 5) is 2.54. The molecule has 0 N–H and O–H groups in total. The van der Waals surface area contributed by atoms with Gasteiger partial charge in [-0.25, -0.2) is 0 Å². The molecule has 1 atom stereocenters. The predicted octanol–water partition coefficient (Wildman–Crippen LogP) is 5.13. The van der Waals surface area contributed by atoms with Crippen molar-refractivity contribution in [2.45, 2.75) is 38.3 Å². The Morgan fingerprint density at radius 2 is 2.11 bits per heavy atom. The van der Waals surface area contributed by atoms with E-state index in [1.165, 1.54) is 32.2 Å². The summed E-state index contributed by atoms with van der Waals surface area (Å²) in [6.07, 6.45) is 5.14. The third-order valence-electron chi connectivity index (χ3n) is 3.57. The van der Waals surface area contributed by atoms with Gasteiger partial charge in [0.05, 0.1) is 0 Å². The van der Waals surface area contributed by atoms with Crippen LogP contribution in [0, 0.1) is 0 Å². The largest absolute Gasteiger partial charge is 0.296 e. The Balaban J connectivity index is 2.08. The van der Waals surface area contributed by atoms with E-state index in [0.717, 1.165) is 27.5 Å². The molecule has 4 heteroatoms. The smallest absolute Gasteiger partial charge is 0.0452 e. The summed E-state index contributed by atoms with van der Waals surface area (Å²) < 4.78 is 0. The van der Waals surface area contributed by atoms with Gasteiger partial charge in [0.2, 0.25) is 0 Å². The lowest BCUT2D eigenvalue weighted by atomic mass is 9.99. The minimum Gasteiger partial charge on any atom is -0.296 e. The van der Waals surface area contributed by atoms with Crippen LogP contribution in [0.1, 0.15) is 31.2 Å². The molecule has 1 heterocycles. The van der Waals surface area contributed by atoms with Crippen LogP contribution < -0.4 is 0 Å². The third-order valence-corrected chi connectivity index (χ3v) is 4.63. The molecule has 0 aromatic heterocycles. The van der Waals surface area contributed by atoms with Gasteiger partial charge >= 0.3 is 0 Å². The van der Waals surface area contributed by atoms with Gasteiger partial charge in [0.1, 0.15) is 0 Å². The first-order chi connectivity index (χ1) is 8.70. The minimum absolute atomic E-state index is 0.674. The maximum absolute atomic E-state index is 6.25. The van der Waals surface area contributed by atoms with E-state index in [-0.39, 0.29) is 0 Å². The highest BCUT2D eigenvalue weighted by molar-refractivity contribution is 9.09. The van der Waals surface area contributed by atoms with E-state index in [9.17, 15) is 0 Å². The molecule has 1 nitrogen and oxygen atoms in total. The Kier molecular flexibility index (Phi) is 5.81. The molecule has 0 saturated carbocycles. The van der Waals surface area contributed by atoms with E-state index < -0.39 is 0 Å². The van der Waals surface area contributed by atoms with Gasteiger partial charge in [-0.05, 0) is 49.6 Å². The van der Waals surface area contributed by atoms with Crippen molar-refractivity contribution in [2.75, 3.05) is 11.9 Å². The number of nitrogens with zero attached hydrogens (tertiary/aromatic N) is 1. The van der Waals surface area contributed by atoms with Crippen molar-refractivity contribution in [1.29, 1.82) is 0 Å². The number of halogens is 3. The Hall–Kier alpha value is 0.240. The summed E-state index contributed by atoms with van der Waals surface area (Å²) >= 11 is 15.8. The zero-order valence-electron chi connectivity index (χ0n) is 10.3. The van der Waals surface area contributed by atoms with Crippen molar-refractivity contribution in [3.8, 4) is 0 Å². The standard InChI is InChI=1S/C14H18BrCl2N/c15-7-6-13-3-1-2-8-18(13)10-11-9-12(16)4-5-14(11)17/h4-5,9,13H,1-3,6-8,10H2. The zero-order valence-corrected chi connectivity index (χ0v) is 13.4. The predicted molar refractivity (Wildman–Crippen MR) is 82.9 cm³/mol. The Morgan fingerprint density at radius 3 is 2.89 bits per heavy atom. The fraction of sp³-hybridized carbons (Fsp3) is 0.571. The molecule has 1 saturated heterocycles. The third kappa shape index (κ3) is 3.86. The molecule has 1 aromatic carbocycles. The number of alkyl halides is 1. The van der Waals surface area contributed by atoms with Crippen molar-refractivity contribution >= 4 is 39.1 Å². The van der Waals surface area contributed by atoms with Crippen LogP contribution in [0.3, 0.4) is 0 Å². The highest BCUT2D eigenvalue weighted by Gasteiger charge is 2.22. The average Bonchev–Trinajstić information content (AvgIpc) is 2.36. The van der Waals surface area contributed by atoms with Gasteiger partial charge in [-0.2, -0.15) is 0 Å². The molecule has 0 bridgehead atoms. The van der Waals surface area contributed by atoms with Gasteiger partial charge in [0, 0.05) is 28.0 Å². The van der Waals surface area contributed by atoms with Crippen LogP contribution in [0.5, 0.6) is 0 Å². The highest BCUT2D eigenvalue weighted by atomic mass is 79.9. The van der Waals surface area contributed by atoms with Crippen molar-refractivity contribution in [1.82, 2.24) is 4.90 Å². The van der Waals surface area contributed by atoms with E-state index in [4.69, 9.17) is 23.2 Å². The zero-order chi connectivity index (χ0) is 13.0. The molecular weight excluding hydrogens is 333 g/mol. The number of likely N-dealkylation sites (tertiary alicyclic amines) is 1. The van der Waals surface area contributed by atoms with Crippen LogP contribution in [-0.2, 0) is 6.54 Å². The van der Waals surface area contributed by atoms with Crippen LogP contribution in [0.4, 0.5) is 0 Å². The topological polar surface area (TPSA) is 3.24 Å². The van der Waals surface area contributed by atoms with Crippen LogP contribution in [-0.4, -0.2) is 22.8 Å². The fourth-order valence-electron chi connectivity index (χ4n) is 2.60. The van der Waals surface area contributed by atoms with E-state index in [0.29, 0.717) is 6.04 Å². The normalized spacial score (nSPS) is 21.2. The van der Waals surface area contributed by atoms with Gasteiger partial charge in [-0.3, -0.25) is 4.90 Å². The van der Waals surface area contributed by atoms with Crippen molar-refractivity contribution in [3.63, 3.8) is 0 Å². The Bertz CT molecular complexity index is 395. The van der Waals surface area contributed by atoms with Crippen molar-refractivity contribution in [2.24, 2.45) is 0 Å². The summed E-state index contributed by atoms with van der Waals surface area (Å²) in [5.74, 6) is 0. The molecular formula is C14H18BrCl2N. The second-order valence-electron chi connectivity index (χ2n) is 4.83. The molecule has 0 spiro atoms. The van der Waals surface area contributed by atoms with Gasteiger partial charge < -0.3 is 0 Å². The lowest BCUT2D eigenvalue weighted by Crippen LogP contribution is -2.39. The van der Waals surface area contributed by atoms with Crippen molar-refractivity contribution < 1.29 is 0 Å². The first-order valence-electron chi connectivity index (χ1n) is 6.44. The monoisotopic (exact) mass is 349 g/mol. The van der Waals surface area contributed by atoms with E-state index in [2.05, 4.69) is 20.8 Å². The summed E-state index contributed by atoms with van der Waals surface area (Å²) in [5, 5.41) is 2.66. The highest BCUT2D eigenvalue weighted by Crippen LogP contribution is 2.27. The number of hydrogen-bond acceptors (Lipinski definition) is 1. The molecule has 1 aliphatic heterocycles. The molecule has 1 aromatic rings. The summed E-state index contributed by atoms with van der Waals surface area (Å²) in [6, 6.07) is 6.40. The first kappa shape index (κ1) is 14.6. The van der Waals surface area contributed by atoms with Crippen LogP contribution in [0.15, 0.2) is 18.2 Å². The lowest BCUT2D eigenvalue weighted by molar-refractivity contribution is 0.137. The van der Waals surface area contributed by atoms with E-state index in [1.54, 1.807) is 0 Å². The van der Waals surface area contributed by atoms with Gasteiger partial charge in [-0.1, -0.05) is 45.6 Å². The van der Waals surface area contributed by atoms with Crippen LogP contribution >= 0.6 is 39.1 Å². The van der Waals surface area contributed by atoms with Crippen LogP contribution in [0.25, 0.3) is 0 Å². The minimum atomic E-state index is 0.674. The number of piperidine rings is 1. The first-order valence-corrected chi connectivity index (χ1v) is 8.32. The molecule has 0 radical (unpaired) electrons. The Morgan fingerprint density at radius 1 is 1.28 bits per heavy atom. The SMILES string of the molecule is Clc1ccc(Cl)c(CN2CCCCC2CCBr)c1. The second-order valence-corrected chi connectivity index (χ2v) is 6.47. The molecule has 2 rings (SSSR count). The van der Waals surface area contributed by atoms with E-state index in [1.807, 2.05) is 18.2 Å². The molecule has 1 fully saturated rings. The second kappa shape index (κ2) is 7.14. The molecule has 1 aliphatic rings. The average molecular weight is 351 g/mol. The molecule has 18 heavy (non-hydrogen) atoms. The van der Waals surface area contributed by atoms with Gasteiger partial charge in [0.25, 0.3) is 0 Å². The molecule has 1 unspecified atom stereocenters. The molecule has 100 valence electrons. The molecule has 0 amide bonds. The van der Waals surface area contributed by atoms with Gasteiger partial charge in [-0.15, -0.1) is 0 Å². The fourth-order valence-corrected chi connectivity index (χ4v) is 3.50. The molecule has 0 aliphatic carbocycles. The lowest BCUT2D eigenvalue weighted by Gasteiger charge is -2.35. The summed E-state index contributed by atoms with van der Waals surface area (Å²) in [6.45, 7) is 2.08. The number of benzene rings is 1.